The fourth-order valence-electron chi connectivity index (χ4n) is 7.54. The van der Waals surface area contributed by atoms with Gasteiger partial charge in [0.1, 0.15) is 6.10 Å². The van der Waals surface area contributed by atoms with E-state index in [2.05, 4.69) is 19.9 Å². The predicted octanol–water partition coefficient (Wildman–Crippen LogP) is 5.24. The van der Waals surface area contributed by atoms with Gasteiger partial charge in [0.05, 0.1) is 6.10 Å². The molecule has 154 valence electrons. The van der Waals surface area contributed by atoms with Crippen molar-refractivity contribution in [2.24, 2.45) is 34.5 Å². The molecule has 3 fully saturated rings. The van der Waals surface area contributed by atoms with Crippen LogP contribution in [0.25, 0.3) is 0 Å². The molecular weight excluding hydrogens is 353 g/mol. The van der Waals surface area contributed by atoms with Gasteiger partial charge in [-0.2, -0.15) is 13.2 Å². The predicted molar refractivity (Wildman–Crippen MR) is 97.9 cm³/mol. The van der Waals surface area contributed by atoms with E-state index in [9.17, 15) is 23.4 Å². The lowest BCUT2D eigenvalue weighted by Gasteiger charge is -2.58. The third-order valence-electron chi connectivity index (χ3n) is 9.16. The van der Waals surface area contributed by atoms with E-state index in [1.807, 2.05) is 0 Å². The second-order valence-electron chi connectivity index (χ2n) is 10.3. The summed E-state index contributed by atoms with van der Waals surface area (Å²) in [5, 5.41) is 19.7. The molecule has 2 nitrogen and oxygen atoms in total. The number of aliphatic hydroxyl groups excluding tert-OH is 2. The first-order valence-corrected chi connectivity index (χ1v) is 10.7. The SMILES string of the molecule is C[C@]12CCC(O)CC1=CCC1C2CC[C@@]2(C)C1CC[C@@H]2C[C@@H](O)C(F)(F)F. The third kappa shape index (κ3) is 3.08. The Hall–Kier alpha value is -0.550. The molecule has 3 saturated carbocycles. The Bertz CT molecular complexity index is 615. The van der Waals surface area contributed by atoms with Crippen molar-refractivity contribution in [3.05, 3.63) is 11.6 Å². The number of hydrogen-bond donors (Lipinski definition) is 2. The summed E-state index contributed by atoms with van der Waals surface area (Å²) >= 11 is 0. The van der Waals surface area contributed by atoms with E-state index in [4.69, 9.17) is 0 Å². The van der Waals surface area contributed by atoms with Crippen LogP contribution in [0.3, 0.4) is 0 Å². The highest BCUT2D eigenvalue weighted by Crippen LogP contribution is 2.66. The lowest BCUT2D eigenvalue weighted by Crippen LogP contribution is -2.50. The second-order valence-corrected chi connectivity index (χ2v) is 10.3. The van der Waals surface area contributed by atoms with Crippen molar-refractivity contribution in [1.29, 1.82) is 0 Å². The number of hydrogen-bond acceptors (Lipinski definition) is 2. The van der Waals surface area contributed by atoms with Gasteiger partial charge in [0.2, 0.25) is 0 Å². The molecule has 0 radical (unpaired) electrons. The molecule has 0 aromatic heterocycles. The van der Waals surface area contributed by atoms with Crippen LogP contribution in [0, 0.1) is 34.5 Å². The molecule has 5 heteroatoms. The summed E-state index contributed by atoms with van der Waals surface area (Å²) in [5.41, 5.74) is 1.50. The van der Waals surface area contributed by atoms with Gasteiger partial charge >= 0.3 is 6.18 Å². The van der Waals surface area contributed by atoms with E-state index in [0.29, 0.717) is 17.8 Å². The summed E-state index contributed by atoms with van der Waals surface area (Å²) in [6, 6.07) is 0. The molecule has 27 heavy (non-hydrogen) atoms. The van der Waals surface area contributed by atoms with Gasteiger partial charge in [-0.3, -0.25) is 0 Å². The van der Waals surface area contributed by atoms with Crippen LogP contribution in [0.2, 0.25) is 0 Å². The summed E-state index contributed by atoms with van der Waals surface area (Å²) in [6.45, 7) is 4.56. The molecule has 0 aromatic carbocycles. The van der Waals surface area contributed by atoms with Gasteiger partial charge < -0.3 is 10.2 Å². The van der Waals surface area contributed by atoms with E-state index in [0.717, 1.165) is 51.4 Å². The van der Waals surface area contributed by atoms with Gasteiger partial charge in [-0.1, -0.05) is 25.5 Å². The zero-order valence-electron chi connectivity index (χ0n) is 16.4. The van der Waals surface area contributed by atoms with Crippen LogP contribution < -0.4 is 0 Å². The van der Waals surface area contributed by atoms with Crippen LogP contribution >= 0.6 is 0 Å². The molecular formula is C22H33F3O2. The molecule has 0 aliphatic heterocycles. The van der Waals surface area contributed by atoms with Gasteiger partial charge in [0, 0.05) is 0 Å². The average Bonchev–Trinajstić information content (AvgIpc) is 2.91. The van der Waals surface area contributed by atoms with E-state index in [1.165, 1.54) is 5.57 Å². The second kappa shape index (κ2) is 6.48. The molecule has 0 heterocycles. The van der Waals surface area contributed by atoms with Crippen LogP contribution in [0.1, 0.15) is 71.6 Å². The smallest absolute Gasteiger partial charge is 0.393 e. The summed E-state index contributed by atoms with van der Waals surface area (Å²) in [6.07, 6.45) is 2.84. The van der Waals surface area contributed by atoms with Crippen molar-refractivity contribution in [1.82, 2.24) is 0 Å². The van der Waals surface area contributed by atoms with Crippen molar-refractivity contribution in [3.8, 4) is 0 Å². The largest absolute Gasteiger partial charge is 0.414 e. The van der Waals surface area contributed by atoms with Gasteiger partial charge in [0.25, 0.3) is 0 Å². The number of fused-ring (bicyclic) bond motifs is 5. The average molecular weight is 386 g/mol. The van der Waals surface area contributed by atoms with Gasteiger partial charge in [-0.25, -0.2) is 0 Å². The van der Waals surface area contributed by atoms with E-state index >= 15 is 0 Å². The molecule has 0 bridgehead atoms. The highest BCUT2D eigenvalue weighted by molar-refractivity contribution is 5.25. The number of rotatable bonds is 2. The minimum absolute atomic E-state index is 0.0357. The molecule has 4 rings (SSSR count). The maximum absolute atomic E-state index is 12.9. The van der Waals surface area contributed by atoms with Crippen LogP contribution in [0.4, 0.5) is 13.2 Å². The maximum Gasteiger partial charge on any atom is 0.414 e. The highest BCUT2D eigenvalue weighted by Gasteiger charge is 2.59. The number of allylic oxidation sites excluding steroid dienone is 1. The number of halogens is 3. The minimum atomic E-state index is -4.51. The normalized spacial score (nSPS) is 48.3. The van der Waals surface area contributed by atoms with Crippen molar-refractivity contribution in [3.63, 3.8) is 0 Å². The minimum Gasteiger partial charge on any atom is -0.393 e. The standard InChI is InChI=1S/C22H33F3O2/c1-20-9-7-15(26)11-13(20)3-5-16-17-6-4-14(12-19(27)22(23,24)25)21(17,2)10-8-18(16)20/h3,14-19,26-27H,4-12H2,1-2H3/t14-,15?,16?,17?,18?,19-,20+,21-/m1/s1. The Kier molecular flexibility index (Phi) is 4.74. The van der Waals surface area contributed by atoms with Crippen molar-refractivity contribution >= 4 is 0 Å². The Morgan fingerprint density at radius 1 is 1.11 bits per heavy atom. The van der Waals surface area contributed by atoms with Crippen LogP contribution in [0.5, 0.6) is 0 Å². The van der Waals surface area contributed by atoms with Crippen molar-refractivity contribution in [2.75, 3.05) is 0 Å². The molecule has 4 unspecified atom stereocenters. The zero-order valence-corrected chi connectivity index (χ0v) is 16.4. The topological polar surface area (TPSA) is 40.5 Å². The molecule has 0 amide bonds. The van der Waals surface area contributed by atoms with Gasteiger partial charge in [0.15, 0.2) is 0 Å². The zero-order chi connectivity index (χ0) is 19.6. The van der Waals surface area contributed by atoms with Crippen LogP contribution in [-0.2, 0) is 0 Å². The first kappa shape index (κ1) is 19.8. The van der Waals surface area contributed by atoms with Crippen LogP contribution in [0.15, 0.2) is 11.6 Å². The van der Waals surface area contributed by atoms with Gasteiger partial charge in [-0.05, 0) is 92.3 Å². The molecule has 0 saturated heterocycles. The summed E-state index contributed by atoms with van der Waals surface area (Å²) in [7, 11) is 0. The first-order chi connectivity index (χ1) is 12.6. The van der Waals surface area contributed by atoms with E-state index in [1.54, 1.807) is 0 Å². The van der Waals surface area contributed by atoms with E-state index in [-0.39, 0.29) is 29.3 Å². The monoisotopic (exact) mass is 386 g/mol. The Labute approximate surface area is 160 Å². The maximum atomic E-state index is 12.9. The van der Waals surface area contributed by atoms with E-state index < -0.39 is 12.3 Å². The first-order valence-electron chi connectivity index (χ1n) is 10.7. The molecule has 2 N–H and O–H groups in total. The summed E-state index contributed by atoms with van der Waals surface area (Å²) in [4.78, 5) is 0. The lowest BCUT2D eigenvalue weighted by atomic mass is 9.47. The number of aliphatic hydroxyl groups is 2. The Morgan fingerprint density at radius 2 is 1.85 bits per heavy atom. The summed E-state index contributed by atoms with van der Waals surface area (Å²) in [5.74, 6) is 1.56. The highest BCUT2D eigenvalue weighted by atomic mass is 19.4. The summed E-state index contributed by atoms with van der Waals surface area (Å²) < 4.78 is 38.7. The van der Waals surface area contributed by atoms with Crippen LogP contribution in [-0.4, -0.2) is 28.6 Å². The third-order valence-corrected chi connectivity index (χ3v) is 9.16. The Morgan fingerprint density at radius 3 is 2.56 bits per heavy atom. The molecule has 8 atom stereocenters. The fraction of sp³-hybridized carbons (Fsp3) is 0.909. The van der Waals surface area contributed by atoms with Gasteiger partial charge in [-0.15, -0.1) is 0 Å². The molecule has 0 aromatic rings. The fourth-order valence-corrected chi connectivity index (χ4v) is 7.54. The molecule has 4 aliphatic carbocycles. The molecule has 0 spiro atoms. The number of alkyl halides is 3. The molecule has 4 aliphatic rings. The lowest BCUT2D eigenvalue weighted by molar-refractivity contribution is -0.211. The van der Waals surface area contributed by atoms with Crippen molar-refractivity contribution in [2.45, 2.75) is 90.0 Å². The van der Waals surface area contributed by atoms with Crippen molar-refractivity contribution < 1.29 is 23.4 Å². The quantitative estimate of drug-likeness (QED) is 0.637. The Balaban J connectivity index is 1.55.